The van der Waals surface area contributed by atoms with Crippen LogP contribution in [-0.4, -0.2) is 25.9 Å². The van der Waals surface area contributed by atoms with Crippen molar-refractivity contribution >= 4 is 38.4 Å². The van der Waals surface area contributed by atoms with E-state index in [2.05, 4.69) is 10.3 Å². The van der Waals surface area contributed by atoms with E-state index in [1.807, 2.05) is 17.5 Å². The molecule has 5 nitrogen and oxygen atoms in total. The lowest BCUT2D eigenvalue weighted by molar-refractivity contribution is -0.120. The van der Waals surface area contributed by atoms with Gasteiger partial charge in [0.15, 0.2) is 9.84 Å². The van der Waals surface area contributed by atoms with Gasteiger partial charge < -0.3 is 5.32 Å². The van der Waals surface area contributed by atoms with Crippen molar-refractivity contribution in [1.82, 2.24) is 10.3 Å². The maximum absolute atomic E-state index is 13.0. The highest BCUT2D eigenvalue weighted by Crippen LogP contribution is 2.30. The molecule has 0 aliphatic rings. The van der Waals surface area contributed by atoms with E-state index in [1.165, 1.54) is 28.9 Å². The molecule has 0 spiro atoms. The maximum atomic E-state index is 13.0. The highest BCUT2D eigenvalue weighted by Gasteiger charge is 2.30. The normalized spacial score (nSPS) is 12.6. The quantitative estimate of drug-likeness (QED) is 0.670. The van der Waals surface area contributed by atoms with E-state index in [9.17, 15) is 13.2 Å². The molecule has 3 heterocycles. The van der Waals surface area contributed by atoms with Gasteiger partial charge in [0.05, 0.1) is 6.42 Å². The van der Waals surface area contributed by atoms with E-state index in [1.54, 1.807) is 35.8 Å². The van der Waals surface area contributed by atoms with Crippen LogP contribution in [0.15, 0.2) is 63.8 Å². The number of nitrogens with one attached hydrogen (secondary N) is 1. The van der Waals surface area contributed by atoms with Crippen molar-refractivity contribution in [2.75, 3.05) is 6.54 Å². The van der Waals surface area contributed by atoms with Gasteiger partial charge in [0.25, 0.3) is 0 Å². The van der Waals surface area contributed by atoms with Crippen LogP contribution >= 0.6 is 22.7 Å². The number of nitrogens with zero attached hydrogens (tertiary/aromatic N) is 1. The minimum absolute atomic E-state index is 0.0101. The molecule has 0 aromatic carbocycles. The summed E-state index contributed by atoms with van der Waals surface area (Å²) in [6.45, 7) is 0.0101. The first-order chi connectivity index (χ1) is 12.1. The largest absolute Gasteiger partial charge is 0.354 e. The van der Waals surface area contributed by atoms with Crippen molar-refractivity contribution in [2.45, 2.75) is 15.9 Å². The second-order valence-electron chi connectivity index (χ2n) is 5.31. The van der Waals surface area contributed by atoms with Gasteiger partial charge in [-0.1, -0.05) is 18.2 Å². The van der Waals surface area contributed by atoms with Gasteiger partial charge in [0, 0.05) is 23.8 Å². The number of pyridine rings is 1. The van der Waals surface area contributed by atoms with Gasteiger partial charge in [-0.15, -0.1) is 22.7 Å². The van der Waals surface area contributed by atoms with Crippen LogP contribution in [0.1, 0.15) is 15.7 Å². The Kier molecular flexibility index (Phi) is 5.62. The fraction of sp³-hybridized carbons (Fsp3) is 0.176. The molecule has 3 aromatic heterocycles. The summed E-state index contributed by atoms with van der Waals surface area (Å²) in [5, 5.41) is 5.51. The molecule has 1 atom stereocenters. The predicted molar refractivity (Wildman–Crippen MR) is 99.5 cm³/mol. The fourth-order valence-electron chi connectivity index (χ4n) is 2.38. The lowest BCUT2D eigenvalue weighted by Crippen LogP contribution is -2.32. The number of thiophene rings is 2. The minimum atomic E-state index is -3.60. The van der Waals surface area contributed by atoms with Gasteiger partial charge >= 0.3 is 0 Å². The minimum Gasteiger partial charge on any atom is -0.354 e. The zero-order chi connectivity index (χ0) is 17.7. The van der Waals surface area contributed by atoms with Crippen molar-refractivity contribution in [3.8, 4) is 0 Å². The summed E-state index contributed by atoms with van der Waals surface area (Å²) in [5.41, 5.74) is 0.562. The molecule has 3 rings (SSSR count). The second-order valence-corrected chi connectivity index (χ2v) is 9.65. The summed E-state index contributed by atoms with van der Waals surface area (Å²) in [6, 6.07) is 10.5. The molecule has 0 saturated heterocycles. The summed E-state index contributed by atoms with van der Waals surface area (Å²) in [4.78, 5) is 17.1. The maximum Gasteiger partial charge on any atom is 0.225 e. The van der Waals surface area contributed by atoms with E-state index in [0.717, 1.165) is 4.88 Å². The fourth-order valence-corrected chi connectivity index (χ4v) is 5.93. The van der Waals surface area contributed by atoms with Crippen LogP contribution in [0.25, 0.3) is 0 Å². The van der Waals surface area contributed by atoms with Crippen molar-refractivity contribution in [2.24, 2.45) is 0 Å². The molecule has 130 valence electrons. The van der Waals surface area contributed by atoms with Crippen molar-refractivity contribution < 1.29 is 13.2 Å². The van der Waals surface area contributed by atoms with Crippen LogP contribution < -0.4 is 5.32 Å². The van der Waals surface area contributed by atoms with E-state index in [0.29, 0.717) is 5.56 Å². The Hall–Kier alpha value is -2.03. The average molecular weight is 393 g/mol. The molecule has 0 fully saturated rings. The first-order valence-electron chi connectivity index (χ1n) is 7.54. The third-order valence-corrected chi connectivity index (χ3v) is 8.01. The third kappa shape index (κ3) is 4.33. The molecule has 0 aliphatic carbocycles. The number of sulfone groups is 1. The molecule has 0 radical (unpaired) electrons. The van der Waals surface area contributed by atoms with Gasteiger partial charge in [0.1, 0.15) is 9.46 Å². The van der Waals surface area contributed by atoms with Gasteiger partial charge in [-0.2, -0.15) is 0 Å². The summed E-state index contributed by atoms with van der Waals surface area (Å²) < 4.78 is 26.2. The van der Waals surface area contributed by atoms with E-state index in [4.69, 9.17) is 0 Å². The highest BCUT2D eigenvalue weighted by atomic mass is 32.2. The van der Waals surface area contributed by atoms with Crippen molar-refractivity contribution in [3.63, 3.8) is 0 Å². The number of carbonyl (C=O) groups excluding carboxylic acids is 1. The SMILES string of the molecule is O=C(Cc1cccs1)NC[C@H](c1cccnc1)S(=O)(=O)c1cccs1. The first-order valence-corrected chi connectivity index (χ1v) is 10.8. The first kappa shape index (κ1) is 17.8. The monoisotopic (exact) mass is 392 g/mol. The van der Waals surface area contributed by atoms with Crippen molar-refractivity contribution in [1.29, 1.82) is 0 Å². The van der Waals surface area contributed by atoms with Crippen LogP contribution in [0.2, 0.25) is 0 Å². The molecule has 0 unspecified atom stereocenters. The Labute approximate surface area is 154 Å². The lowest BCUT2D eigenvalue weighted by atomic mass is 10.2. The summed E-state index contributed by atoms with van der Waals surface area (Å²) in [5.74, 6) is -0.197. The molecule has 8 heteroatoms. The molecular formula is C17H16N2O3S3. The number of hydrogen-bond acceptors (Lipinski definition) is 6. The van der Waals surface area contributed by atoms with Crippen LogP contribution in [-0.2, 0) is 21.1 Å². The molecule has 1 N–H and O–H groups in total. The molecular weight excluding hydrogens is 376 g/mol. The van der Waals surface area contributed by atoms with Crippen LogP contribution in [0.3, 0.4) is 0 Å². The van der Waals surface area contributed by atoms with Gasteiger partial charge in [-0.25, -0.2) is 8.42 Å². The summed E-state index contributed by atoms with van der Waals surface area (Å²) in [7, 11) is -3.60. The molecule has 1 amide bonds. The second kappa shape index (κ2) is 7.90. The standard InChI is InChI=1S/C17H16N2O3S3/c20-16(10-14-5-2-8-23-14)19-12-15(13-4-1-7-18-11-13)25(21,22)17-6-3-9-24-17/h1-9,11,15H,10,12H2,(H,19,20)/t15-/m1/s1. The van der Waals surface area contributed by atoms with Gasteiger partial charge in [-0.05, 0) is 34.5 Å². The molecule has 0 bridgehead atoms. The molecule has 0 aliphatic heterocycles. The van der Waals surface area contributed by atoms with Gasteiger partial charge in [-0.3, -0.25) is 9.78 Å². The molecule has 25 heavy (non-hydrogen) atoms. The van der Waals surface area contributed by atoms with Crippen LogP contribution in [0.5, 0.6) is 0 Å². The predicted octanol–water partition coefficient (Wildman–Crippen LogP) is 3.08. The van der Waals surface area contributed by atoms with Crippen LogP contribution in [0, 0.1) is 0 Å². The number of rotatable bonds is 7. The lowest BCUT2D eigenvalue weighted by Gasteiger charge is -2.17. The number of carbonyl (C=O) groups is 1. The average Bonchev–Trinajstić information content (AvgIpc) is 3.29. The Bertz CT molecular complexity index is 905. The summed E-state index contributed by atoms with van der Waals surface area (Å²) >= 11 is 2.67. The Morgan fingerprint density at radius 3 is 2.56 bits per heavy atom. The number of hydrogen-bond donors (Lipinski definition) is 1. The Morgan fingerprint density at radius 2 is 1.92 bits per heavy atom. The van der Waals surface area contributed by atoms with E-state index >= 15 is 0 Å². The zero-order valence-corrected chi connectivity index (χ0v) is 15.6. The number of aromatic nitrogens is 1. The molecule has 3 aromatic rings. The topological polar surface area (TPSA) is 76.1 Å². The highest BCUT2D eigenvalue weighted by molar-refractivity contribution is 7.93. The van der Waals surface area contributed by atoms with Crippen molar-refractivity contribution in [3.05, 3.63) is 70.0 Å². The van der Waals surface area contributed by atoms with E-state index in [-0.39, 0.29) is 23.1 Å². The Balaban J connectivity index is 1.79. The smallest absolute Gasteiger partial charge is 0.225 e. The van der Waals surface area contributed by atoms with Gasteiger partial charge in [0.2, 0.25) is 5.91 Å². The molecule has 0 saturated carbocycles. The van der Waals surface area contributed by atoms with E-state index < -0.39 is 15.1 Å². The summed E-state index contributed by atoms with van der Waals surface area (Å²) in [6.07, 6.45) is 3.37. The Morgan fingerprint density at radius 1 is 1.12 bits per heavy atom. The third-order valence-electron chi connectivity index (χ3n) is 3.61. The number of amides is 1. The zero-order valence-electron chi connectivity index (χ0n) is 13.2. The van der Waals surface area contributed by atoms with Crippen LogP contribution in [0.4, 0.5) is 0 Å².